The van der Waals surface area contributed by atoms with E-state index in [1.54, 1.807) is 0 Å². The number of aryl methyl sites for hydroxylation is 1. The lowest BCUT2D eigenvalue weighted by Crippen LogP contribution is -2.15. The Labute approximate surface area is 114 Å². The van der Waals surface area contributed by atoms with Crippen molar-refractivity contribution >= 4 is 11.6 Å². The third-order valence-electron chi connectivity index (χ3n) is 3.35. The lowest BCUT2D eigenvalue weighted by Gasteiger charge is -2.16. The molecule has 0 aliphatic heterocycles. The van der Waals surface area contributed by atoms with Crippen LogP contribution in [0.4, 0.5) is 0 Å². The van der Waals surface area contributed by atoms with Gasteiger partial charge in [0.2, 0.25) is 0 Å². The summed E-state index contributed by atoms with van der Waals surface area (Å²) < 4.78 is 0. The van der Waals surface area contributed by atoms with Crippen LogP contribution in [0.25, 0.3) is 0 Å². The van der Waals surface area contributed by atoms with Crippen molar-refractivity contribution in [2.24, 2.45) is 5.73 Å². The molecule has 0 saturated heterocycles. The summed E-state index contributed by atoms with van der Waals surface area (Å²) in [6.07, 6.45) is 0.977. The first-order chi connectivity index (χ1) is 8.70. The van der Waals surface area contributed by atoms with E-state index in [1.807, 2.05) is 12.1 Å². The van der Waals surface area contributed by atoms with Crippen LogP contribution in [0.15, 0.2) is 48.5 Å². The molecule has 94 valence electrons. The van der Waals surface area contributed by atoms with Crippen LogP contribution < -0.4 is 5.73 Å². The minimum Gasteiger partial charge on any atom is -0.330 e. The zero-order valence-electron chi connectivity index (χ0n) is 10.6. The molecule has 0 fully saturated rings. The number of hydrogen-bond donors (Lipinski definition) is 1. The number of rotatable bonds is 4. The summed E-state index contributed by atoms with van der Waals surface area (Å²) in [5.74, 6) is 0.350. The van der Waals surface area contributed by atoms with E-state index in [-0.39, 0.29) is 0 Å². The average molecular weight is 260 g/mol. The summed E-state index contributed by atoms with van der Waals surface area (Å²) >= 11 is 5.91. The van der Waals surface area contributed by atoms with Gasteiger partial charge in [0.25, 0.3) is 0 Å². The standard InChI is InChI=1S/C16H18ClN/c1-12-4-2-3-5-14(12)10-15(11-18)13-6-8-16(17)9-7-13/h2-9,15H,10-11,18H2,1H3. The second-order valence-corrected chi connectivity index (χ2v) is 5.05. The molecule has 0 aromatic heterocycles. The molecule has 2 rings (SSSR count). The van der Waals surface area contributed by atoms with Gasteiger partial charge in [-0.3, -0.25) is 0 Å². The summed E-state index contributed by atoms with van der Waals surface area (Å²) in [7, 11) is 0. The minimum absolute atomic E-state index is 0.350. The van der Waals surface area contributed by atoms with E-state index in [2.05, 4.69) is 43.3 Å². The number of halogens is 1. The Morgan fingerprint density at radius 1 is 1.06 bits per heavy atom. The largest absolute Gasteiger partial charge is 0.330 e. The zero-order valence-corrected chi connectivity index (χ0v) is 11.3. The molecule has 2 N–H and O–H groups in total. The van der Waals surface area contributed by atoms with Gasteiger partial charge in [0.05, 0.1) is 0 Å². The second kappa shape index (κ2) is 6.03. The van der Waals surface area contributed by atoms with Crippen molar-refractivity contribution < 1.29 is 0 Å². The molecule has 1 nitrogen and oxygen atoms in total. The molecule has 0 bridgehead atoms. The van der Waals surface area contributed by atoms with Crippen LogP contribution in [0, 0.1) is 6.92 Å². The fraction of sp³-hybridized carbons (Fsp3) is 0.250. The van der Waals surface area contributed by atoms with Gasteiger partial charge in [0.1, 0.15) is 0 Å². The summed E-state index contributed by atoms with van der Waals surface area (Å²) in [6, 6.07) is 16.5. The van der Waals surface area contributed by atoms with Crippen molar-refractivity contribution in [1.29, 1.82) is 0 Å². The molecule has 1 unspecified atom stereocenters. The van der Waals surface area contributed by atoms with E-state index < -0.39 is 0 Å². The van der Waals surface area contributed by atoms with Crippen molar-refractivity contribution in [3.05, 3.63) is 70.2 Å². The molecule has 0 spiro atoms. The molecular weight excluding hydrogens is 242 g/mol. The lowest BCUT2D eigenvalue weighted by molar-refractivity contribution is 0.692. The Kier molecular flexibility index (Phi) is 4.40. The summed E-state index contributed by atoms with van der Waals surface area (Å²) in [5, 5.41) is 0.769. The summed E-state index contributed by atoms with van der Waals surface area (Å²) in [6.45, 7) is 2.79. The molecule has 2 heteroatoms. The van der Waals surface area contributed by atoms with E-state index in [0.717, 1.165) is 11.4 Å². The van der Waals surface area contributed by atoms with Crippen molar-refractivity contribution in [2.75, 3.05) is 6.54 Å². The van der Waals surface area contributed by atoms with Crippen LogP contribution in [0.3, 0.4) is 0 Å². The third-order valence-corrected chi connectivity index (χ3v) is 3.61. The van der Waals surface area contributed by atoms with E-state index >= 15 is 0 Å². The number of nitrogens with two attached hydrogens (primary N) is 1. The highest BCUT2D eigenvalue weighted by atomic mass is 35.5. The van der Waals surface area contributed by atoms with Crippen LogP contribution in [0.2, 0.25) is 5.02 Å². The SMILES string of the molecule is Cc1ccccc1CC(CN)c1ccc(Cl)cc1. The normalized spacial score (nSPS) is 12.4. The molecule has 0 saturated carbocycles. The fourth-order valence-electron chi connectivity index (χ4n) is 2.18. The van der Waals surface area contributed by atoms with Gasteiger partial charge in [0, 0.05) is 10.9 Å². The molecule has 2 aromatic carbocycles. The lowest BCUT2D eigenvalue weighted by atomic mass is 9.90. The predicted molar refractivity (Wildman–Crippen MR) is 78.1 cm³/mol. The van der Waals surface area contributed by atoms with Gasteiger partial charge in [-0.15, -0.1) is 0 Å². The molecule has 2 aromatic rings. The first-order valence-corrected chi connectivity index (χ1v) is 6.58. The molecule has 0 heterocycles. The van der Waals surface area contributed by atoms with Crippen LogP contribution in [-0.4, -0.2) is 6.54 Å². The van der Waals surface area contributed by atoms with E-state index in [9.17, 15) is 0 Å². The molecule has 1 atom stereocenters. The van der Waals surface area contributed by atoms with Gasteiger partial charge in [-0.2, -0.15) is 0 Å². The highest BCUT2D eigenvalue weighted by Gasteiger charge is 2.11. The molecule has 0 amide bonds. The Morgan fingerprint density at radius 2 is 1.72 bits per heavy atom. The predicted octanol–water partition coefficient (Wildman–Crippen LogP) is 3.93. The highest BCUT2D eigenvalue weighted by Crippen LogP contribution is 2.23. The average Bonchev–Trinajstić information content (AvgIpc) is 2.39. The molecule has 0 aliphatic rings. The molecular formula is C16H18ClN. The smallest absolute Gasteiger partial charge is 0.0406 e. The van der Waals surface area contributed by atoms with Crippen molar-refractivity contribution in [3.63, 3.8) is 0 Å². The molecule has 0 aliphatic carbocycles. The van der Waals surface area contributed by atoms with Gasteiger partial charge in [-0.05, 0) is 48.7 Å². The minimum atomic E-state index is 0.350. The van der Waals surface area contributed by atoms with Crippen LogP contribution in [0.1, 0.15) is 22.6 Å². The maximum Gasteiger partial charge on any atom is 0.0406 e. The molecule has 0 radical (unpaired) electrons. The van der Waals surface area contributed by atoms with Crippen molar-refractivity contribution in [1.82, 2.24) is 0 Å². The Hall–Kier alpha value is -1.31. The zero-order chi connectivity index (χ0) is 13.0. The third kappa shape index (κ3) is 3.12. The summed E-state index contributed by atoms with van der Waals surface area (Å²) in [4.78, 5) is 0. The molecule has 18 heavy (non-hydrogen) atoms. The maximum absolute atomic E-state index is 5.91. The monoisotopic (exact) mass is 259 g/mol. The Morgan fingerprint density at radius 3 is 2.33 bits per heavy atom. The van der Waals surface area contributed by atoms with Gasteiger partial charge in [-0.25, -0.2) is 0 Å². The second-order valence-electron chi connectivity index (χ2n) is 4.61. The van der Waals surface area contributed by atoms with Gasteiger partial charge >= 0.3 is 0 Å². The quantitative estimate of drug-likeness (QED) is 0.885. The first-order valence-electron chi connectivity index (χ1n) is 6.20. The van der Waals surface area contributed by atoms with Gasteiger partial charge in [0.15, 0.2) is 0 Å². The van der Waals surface area contributed by atoms with E-state index in [1.165, 1.54) is 16.7 Å². The number of hydrogen-bond acceptors (Lipinski definition) is 1. The Bertz CT molecular complexity index is 505. The van der Waals surface area contributed by atoms with Crippen LogP contribution >= 0.6 is 11.6 Å². The topological polar surface area (TPSA) is 26.0 Å². The highest BCUT2D eigenvalue weighted by molar-refractivity contribution is 6.30. The van der Waals surface area contributed by atoms with E-state index in [0.29, 0.717) is 12.5 Å². The van der Waals surface area contributed by atoms with Crippen molar-refractivity contribution in [2.45, 2.75) is 19.3 Å². The van der Waals surface area contributed by atoms with Crippen molar-refractivity contribution in [3.8, 4) is 0 Å². The van der Waals surface area contributed by atoms with Gasteiger partial charge in [-0.1, -0.05) is 48.0 Å². The van der Waals surface area contributed by atoms with E-state index in [4.69, 9.17) is 17.3 Å². The number of benzene rings is 2. The first kappa shape index (κ1) is 13.1. The fourth-order valence-corrected chi connectivity index (χ4v) is 2.30. The van der Waals surface area contributed by atoms with Crippen LogP contribution in [0.5, 0.6) is 0 Å². The summed E-state index contributed by atoms with van der Waals surface area (Å²) in [5.41, 5.74) is 9.85. The Balaban J connectivity index is 2.20. The van der Waals surface area contributed by atoms with Crippen LogP contribution in [-0.2, 0) is 6.42 Å². The van der Waals surface area contributed by atoms with Gasteiger partial charge < -0.3 is 5.73 Å². The maximum atomic E-state index is 5.91.